The number of ether oxygens (including phenoxy) is 1. The van der Waals surface area contributed by atoms with Crippen LogP contribution in [-0.4, -0.2) is 24.0 Å². The number of nitrogens with one attached hydrogen (secondary N) is 1. The highest BCUT2D eigenvalue weighted by Gasteiger charge is 2.40. The number of hydrogen-bond acceptors (Lipinski definition) is 4. The van der Waals surface area contributed by atoms with Gasteiger partial charge in [0.2, 0.25) is 5.91 Å². The van der Waals surface area contributed by atoms with Crippen molar-refractivity contribution in [3.63, 3.8) is 0 Å². The standard InChI is InChI=1S/C19H22N2O4/c1-13-6-7-16-15(11-13)21(18(23)19(2,3)25-16)9-8-17(22)20-12-14-5-4-10-24-14/h4-7,10-11H,8-9,12H2,1-3H3,(H,20,22). The Bertz CT molecular complexity index is 781. The highest BCUT2D eigenvalue weighted by atomic mass is 16.5. The number of furan rings is 1. The van der Waals surface area contributed by atoms with Gasteiger partial charge in [-0.2, -0.15) is 0 Å². The SMILES string of the molecule is Cc1ccc2c(c1)N(CCC(=O)NCc1ccco1)C(=O)C(C)(C)O2. The van der Waals surface area contributed by atoms with Crippen LogP contribution in [0.2, 0.25) is 0 Å². The number of nitrogens with zero attached hydrogens (tertiary/aromatic N) is 1. The molecule has 3 rings (SSSR count). The Morgan fingerprint density at radius 2 is 2.08 bits per heavy atom. The van der Waals surface area contributed by atoms with Crippen molar-refractivity contribution >= 4 is 17.5 Å². The summed E-state index contributed by atoms with van der Waals surface area (Å²) in [5, 5.41) is 2.79. The Kier molecular flexibility index (Phi) is 4.53. The number of amides is 2. The van der Waals surface area contributed by atoms with Gasteiger partial charge in [-0.15, -0.1) is 0 Å². The Morgan fingerprint density at radius 3 is 2.80 bits per heavy atom. The van der Waals surface area contributed by atoms with Crippen LogP contribution in [0, 0.1) is 6.92 Å². The van der Waals surface area contributed by atoms with Gasteiger partial charge in [0.05, 0.1) is 18.5 Å². The number of anilines is 1. The molecule has 1 aliphatic rings. The molecule has 2 aromatic rings. The zero-order valence-corrected chi connectivity index (χ0v) is 14.7. The fourth-order valence-electron chi connectivity index (χ4n) is 2.80. The summed E-state index contributed by atoms with van der Waals surface area (Å²) < 4.78 is 11.0. The van der Waals surface area contributed by atoms with E-state index in [1.54, 1.807) is 37.1 Å². The van der Waals surface area contributed by atoms with Gasteiger partial charge in [-0.25, -0.2) is 0 Å². The maximum absolute atomic E-state index is 12.7. The van der Waals surface area contributed by atoms with E-state index in [-0.39, 0.29) is 18.2 Å². The molecular formula is C19H22N2O4. The third-order valence-electron chi connectivity index (χ3n) is 4.13. The summed E-state index contributed by atoms with van der Waals surface area (Å²) in [7, 11) is 0. The van der Waals surface area contributed by atoms with Crippen molar-refractivity contribution in [2.24, 2.45) is 0 Å². The maximum Gasteiger partial charge on any atom is 0.270 e. The minimum atomic E-state index is -0.951. The quantitative estimate of drug-likeness (QED) is 0.907. The second kappa shape index (κ2) is 6.63. The van der Waals surface area contributed by atoms with E-state index < -0.39 is 5.60 Å². The Labute approximate surface area is 146 Å². The molecule has 0 spiro atoms. The van der Waals surface area contributed by atoms with E-state index in [2.05, 4.69) is 5.32 Å². The van der Waals surface area contributed by atoms with E-state index in [4.69, 9.17) is 9.15 Å². The first-order valence-electron chi connectivity index (χ1n) is 8.27. The lowest BCUT2D eigenvalue weighted by Crippen LogP contribution is -2.53. The van der Waals surface area contributed by atoms with Crippen LogP contribution < -0.4 is 15.0 Å². The molecule has 25 heavy (non-hydrogen) atoms. The second-order valence-electron chi connectivity index (χ2n) is 6.65. The minimum absolute atomic E-state index is 0.136. The number of fused-ring (bicyclic) bond motifs is 1. The van der Waals surface area contributed by atoms with Crippen molar-refractivity contribution in [2.45, 2.75) is 39.3 Å². The second-order valence-corrected chi connectivity index (χ2v) is 6.65. The number of rotatable bonds is 5. The maximum atomic E-state index is 12.7. The van der Waals surface area contributed by atoms with Crippen LogP contribution >= 0.6 is 0 Å². The molecule has 132 valence electrons. The van der Waals surface area contributed by atoms with Crippen molar-refractivity contribution in [3.05, 3.63) is 47.9 Å². The van der Waals surface area contributed by atoms with Gasteiger partial charge in [0.1, 0.15) is 11.5 Å². The Hall–Kier alpha value is -2.76. The first kappa shape index (κ1) is 17.1. The Balaban J connectivity index is 1.69. The molecule has 0 saturated heterocycles. The summed E-state index contributed by atoms with van der Waals surface area (Å²) in [4.78, 5) is 26.5. The van der Waals surface area contributed by atoms with Crippen molar-refractivity contribution in [2.75, 3.05) is 11.4 Å². The molecule has 2 heterocycles. The van der Waals surface area contributed by atoms with Gasteiger partial charge in [-0.05, 0) is 50.6 Å². The van der Waals surface area contributed by atoms with Crippen LogP contribution in [0.25, 0.3) is 0 Å². The van der Waals surface area contributed by atoms with Gasteiger partial charge < -0.3 is 19.4 Å². The van der Waals surface area contributed by atoms with Gasteiger partial charge in [-0.1, -0.05) is 6.07 Å². The molecule has 0 radical (unpaired) electrons. The molecule has 6 heteroatoms. The summed E-state index contributed by atoms with van der Waals surface area (Å²) >= 11 is 0. The van der Waals surface area contributed by atoms with E-state index in [1.807, 2.05) is 25.1 Å². The van der Waals surface area contributed by atoms with Crippen LogP contribution in [0.4, 0.5) is 5.69 Å². The summed E-state index contributed by atoms with van der Waals surface area (Å²) in [5.41, 5.74) is 0.790. The van der Waals surface area contributed by atoms with Gasteiger partial charge in [0.25, 0.3) is 5.91 Å². The van der Waals surface area contributed by atoms with E-state index in [0.29, 0.717) is 30.3 Å². The van der Waals surface area contributed by atoms with Crippen LogP contribution in [0.3, 0.4) is 0 Å². The van der Waals surface area contributed by atoms with E-state index in [1.165, 1.54) is 0 Å². The lowest BCUT2D eigenvalue weighted by atomic mass is 10.0. The number of carbonyl (C=O) groups excluding carboxylic acids is 2. The fourth-order valence-corrected chi connectivity index (χ4v) is 2.80. The van der Waals surface area contributed by atoms with E-state index in [0.717, 1.165) is 5.56 Å². The summed E-state index contributed by atoms with van der Waals surface area (Å²) in [6, 6.07) is 9.29. The number of benzene rings is 1. The number of hydrogen-bond donors (Lipinski definition) is 1. The first-order chi connectivity index (χ1) is 11.9. The molecule has 1 aromatic carbocycles. The average Bonchev–Trinajstić information content (AvgIpc) is 3.07. The highest BCUT2D eigenvalue weighted by molar-refractivity contribution is 6.02. The zero-order valence-electron chi connectivity index (χ0n) is 14.7. The van der Waals surface area contributed by atoms with Gasteiger partial charge in [0, 0.05) is 13.0 Å². The first-order valence-corrected chi connectivity index (χ1v) is 8.27. The molecule has 6 nitrogen and oxygen atoms in total. The molecular weight excluding hydrogens is 320 g/mol. The molecule has 0 bridgehead atoms. The molecule has 1 aromatic heterocycles. The fraction of sp³-hybridized carbons (Fsp3) is 0.368. The smallest absolute Gasteiger partial charge is 0.270 e. The molecule has 0 aliphatic carbocycles. The van der Waals surface area contributed by atoms with Crippen LogP contribution in [0.5, 0.6) is 5.75 Å². The molecule has 0 saturated carbocycles. The lowest BCUT2D eigenvalue weighted by molar-refractivity contribution is -0.132. The number of aryl methyl sites for hydroxylation is 1. The van der Waals surface area contributed by atoms with Gasteiger partial charge >= 0.3 is 0 Å². The third-order valence-corrected chi connectivity index (χ3v) is 4.13. The topological polar surface area (TPSA) is 71.8 Å². The Morgan fingerprint density at radius 1 is 1.28 bits per heavy atom. The van der Waals surface area contributed by atoms with Crippen LogP contribution in [0.15, 0.2) is 41.0 Å². The van der Waals surface area contributed by atoms with Crippen molar-refractivity contribution < 1.29 is 18.7 Å². The molecule has 0 atom stereocenters. The van der Waals surface area contributed by atoms with Crippen molar-refractivity contribution in [1.82, 2.24) is 5.32 Å². The number of carbonyl (C=O) groups is 2. The van der Waals surface area contributed by atoms with Gasteiger partial charge in [0.15, 0.2) is 5.60 Å². The molecule has 1 aliphatic heterocycles. The molecule has 1 N–H and O–H groups in total. The highest BCUT2D eigenvalue weighted by Crippen LogP contribution is 2.38. The normalized spacial score (nSPS) is 15.5. The minimum Gasteiger partial charge on any atom is -0.476 e. The zero-order chi connectivity index (χ0) is 18.0. The van der Waals surface area contributed by atoms with Crippen molar-refractivity contribution in [3.8, 4) is 5.75 Å². The van der Waals surface area contributed by atoms with Crippen molar-refractivity contribution in [1.29, 1.82) is 0 Å². The monoisotopic (exact) mass is 342 g/mol. The molecule has 0 fully saturated rings. The summed E-state index contributed by atoms with van der Waals surface area (Å²) in [5.74, 6) is 1.07. The van der Waals surface area contributed by atoms with Crippen LogP contribution in [-0.2, 0) is 16.1 Å². The summed E-state index contributed by atoms with van der Waals surface area (Å²) in [6.45, 7) is 6.07. The lowest BCUT2D eigenvalue weighted by Gasteiger charge is -2.38. The third kappa shape index (κ3) is 3.68. The predicted molar refractivity (Wildman–Crippen MR) is 93.4 cm³/mol. The van der Waals surface area contributed by atoms with Crippen LogP contribution in [0.1, 0.15) is 31.6 Å². The van der Waals surface area contributed by atoms with E-state index in [9.17, 15) is 9.59 Å². The van der Waals surface area contributed by atoms with E-state index >= 15 is 0 Å². The molecule has 2 amide bonds. The molecule has 0 unspecified atom stereocenters. The largest absolute Gasteiger partial charge is 0.476 e. The predicted octanol–water partition coefficient (Wildman–Crippen LogP) is 2.80. The van der Waals surface area contributed by atoms with Gasteiger partial charge in [-0.3, -0.25) is 9.59 Å². The average molecular weight is 342 g/mol. The summed E-state index contributed by atoms with van der Waals surface area (Å²) in [6.07, 6.45) is 1.77.